The smallest absolute Gasteiger partial charge is 0.0599 e. The van der Waals surface area contributed by atoms with E-state index in [1.54, 1.807) is 0 Å². The maximum absolute atomic E-state index is 2.86. The van der Waals surface area contributed by atoms with E-state index < -0.39 is 0 Å². The van der Waals surface area contributed by atoms with E-state index in [1.807, 2.05) is 0 Å². The van der Waals surface area contributed by atoms with Gasteiger partial charge in [-0.15, -0.1) is 0 Å². The van der Waals surface area contributed by atoms with Gasteiger partial charge in [-0.25, -0.2) is 0 Å². The molecule has 0 saturated carbocycles. The third kappa shape index (κ3) is 0.115. The molecule has 1 saturated heterocycles. The van der Waals surface area contributed by atoms with Crippen molar-refractivity contribution in [3.63, 3.8) is 0 Å². The Morgan fingerprint density at radius 2 is 2.00 bits per heavy atom. The Morgan fingerprint density at radius 3 is 2.00 bits per heavy atom. The molecule has 1 aliphatic heterocycles. The Balaban J connectivity index is 2.00. The van der Waals surface area contributed by atoms with Gasteiger partial charge in [0.15, 0.2) is 0 Å². The molecule has 0 aromatic heterocycles. The van der Waals surface area contributed by atoms with Crippen LogP contribution in [0.5, 0.6) is 0 Å². The van der Waals surface area contributed by atoms with Gasteiger partial charge in [0.2, 0.25) is 0 Å². The van der Waals surface area contributed by atoms with E-state index in [1.165, 1.54) is 0 Å². The molecule has 2 radical (unpaired) electrons. The van der Waals surface area contributed by atoms with Crippen molar-refractivity contribution in [1.82, 2.24) is 5.32 Å². The zero-order valence-electron chi connectivity index (χ0n) is 2.41. The molecule has 1 heteroatoms. The quantitative estimate of drug-likeness (QED) is 0.411. The zero-order chi connectivity index (χ0) is 2.83. The minimum absolute atomic E-state index is 1.14. The molecule has 1 rings (SSSR count). The van der Waals surface area contributed by atoms with E-state index in [0.29, 0.717) is 0 Å². The summed E-state index contributed by atoms with van der Waals surface area (Å²) in [5.41, 5.74) is 0. The van der Waals surface area contributed by atoms with Crippen LogP contribution in [0.4, 0.5) is 0 Å². The monoisotopic (exact) mass is 55.0 g/mol. The van der Waals surface area contributed by atoms with Gasteiger partial charge >= 0.3 is 0 Å². The third-order valence-electron chi connectivity index (χ3n) is 0.500. The Kier molecular flexibility index (Phi) is 0.401. The molecular weight excluding hydrogens is 50.0 g/mol. The number of nitrogens with one attached hydrogen (secondary N) is 1. The van der Waals surface area contributed by atoms with Crippen molar-refractivity contribution < 1.29 is 0 Å². The Morgan fingerprint density at radius 1 is 1.75 bits per heavy atom. The highest BCUT2D eigenvalue weighted by atomic mass is 14.9. The summed E-state index contributed by atoms with van der Waals surface area (Å²) >= 11 is 0. The first kappa shape index (κ1) is 2.21. The van der Waals surface area contributed by atoms with E-state index in [2.05, 4.69) is 11.9 Å². The van der Waals surface area contributed by atoms with Crippen LogP contribution in [0.2, 0.25) is 0 Å². The van der Waals surface area contributed by atoms with Crippen molar-refractivity contribution in [3.05, 3.63) is 6.54 Å². The van der Waals surface area contributed by atoms with Crippen LogP contribution in [0.1, 0.15) is 6.42 Å². The summed E-state index contributed by atoms with van der Waals surface area (Å²) in [5, 5.41) is 2.86. The average molecular weight is 55.1 g/mol. The summed E-state index contributed by atoms with van der Waals surface area (Å²) in [7, 11) is 0. The molecule has 4 heavy (non-hydrogen) atoms. The van der Waals surface area contributed by atoms with E-state index in [-0.39, 0.29) is 0 Å². The molecule has 0 atom stereocenters. The average Bonchev–Trinajstić information content (AvgIpc) is 0.722. The minimum Gasteiger partial charge on any atom is -0.308 e. The van der Waals surface area contributed by atoms with Crippen LogP contribution in [-0.4, -0.2) is 6.54 Å². The van der Waals surface area contributed by atoms with Crippen molar-refractivity contribution in [2.45, 2.75) is 6.42 Å². The standard InChI is InChI=1S/C3H5N/c1-2-4-3-1/h4H,1-2H2. The summed E-state index contributed by atoms with van der Waals surface area (Å²) in [5.74, 6) is 0. The molecule has 0 amide bonds. The first-order valence-electron chi connectivity index (χ1n) is 1.46. The fourth-order valence-electron chi connectivity index (χ4n) is 0.125. The summed E-state index contributed by atoms with van der Waals surface area (Å²) < 4.78 is 0. The van der Waals surface area contributed by atoms with Crippen LogP contribution in [0.25, 0.3) is 0 Å². The van der Waals surface area contributed by atoms with E-state index in [9.17, 15) is 0 Å². The van der Waals surface area contributed by atoms with Crippen LogP contribution >= 0.6 is 0 Å². The topological polar surface area (TPSA) is 12.0 Å². The first-order chi connectivity index (χ1) is 2.00. The Labute approximate surface area is 26.0 Å². The molecule has 1 heterocycles. The van der Waals surface area contributed by atoms with Crippen LogP contribution in [0.15, 0.2) is 0 Å². The maximum atomic E-state index is 2.86. The van der Waals surface area contributed by atoms with Crippen molar-refractivity contribution in [1.29, 1.82) is 0 Å². The SMILES string of the molecule is [C]1CCN1. The summed E-state index contributed by atoms with van der Waals surface area (Å²) in [6.45, 7) is 4.00. The third-order valence-corrected chi connectivity index (χ3v) is 0.500. The highest BCUT2D eigenvalue weighted by Gasteiger charge is 1.94. The van der Waals surface area contributed by atoms with Gasteiger partial charge in [0.05, 0.1) is 6.54 Å². The molecule has 1 fully saturated rings. The zero-order valence-corrected chi connectivity index (χ0v) is 2.41. The first-order valence-corrected chi connectivity index (χ1v) is 1.46. The second-order valence-electron chi connectivity index (χ2n) is 0.854. The normalized spacial score (nSPS) is 24.0. The van der Waals surface area contributed by atoms with Gasteiger partial charge in [0.1, 0.15) is 0 Å². The molecule has 1 N–H and O–H groups in total. The Bertz CT molecular complexity index is 11.2. The molecule has 0 bridgehead atoms. The lowest BCUT2D eigenvalue weighted by atomic mass is 10.3. The van der Waals surface area contributed by atoms with Gasteiger partial charge in [0, 0.05) is 0 Å². The Hall–Kier alpha value is -0.0400. The number of rotatable bonds is 0. The van der Waals surface area contributed by atoms with E-state index >= 15 is 0 Å². The predicted molar refractivity (Wildman–Crippen MR) is 15.9 cm³/mol. The predicted octanol–water partition coefficient (Wildman–Crippen LogP) is 0.0185. The number of hydrogen-bond acceptors (Lipinski definition) is 1. The molecule has 0 spiro atoms. The highest BCUT2D eigenvalue weighted by molar-refractivity contribution is 4.72. The van der Waals surface area contributed by atoms with Gasteiger partial charge in [-0.2, -0.15) is 0 Å². The van der Waals surface area contributed by atoms with Crippen LogP contribution < -0.4 is 5.32 Å². The van der Waals surface area contributed by atoms with Crippen molar-refractivity contribution in [2.75, 3.05) is 6.54 Å². The molecule has 22 valence electrons. The highest BCUT2D eigenvalue weighted by Crippen LogP contribution is 1.88. The second kappa shape index (κ2) is 0.725. The lowest BCUT2D eigenvalue weighted by Gasteiger charge is -2.07. The van der Waals surface area contributed by atoms with E-state index in [4.69, 9.17) is 0 Å². The van der Waals surface area contributed by atoms with E-state index in [0.717, 1.165) is 13.0 Å². The second-order valence-corrected chi connectivity index (χ2v) is 0.854. The summed E-state index contributed by atoms with van der Waals surface area (Å²) in [6, 6.07) is 0. The fraction of sp³-hybridized carbons (Fsp3) is 0.667. The largest absolute Gasteiger partial charge is 0.308 e. The number of hydrogen-bond donors (Lipinski definition) is 1. The molecular formula is C3H5N. The lowest BCUT2D eigenvalue weighted by molar-refractivity contribution is 0.622. The molecule has 0 unspecified atom stereocenters. The molecule has 1 nitrogen and oxygen atoms in total. The molecule has 0 aliphatic carbocycles. The molecule has 0 aromatic rings. The molecule has 1 aliphatic rings. The minimum atomic E-state index is 1.14. The fourth-order valence-corrected chi connectivity index (χ4v) is 0.125. The van der Waals surface area contributed by atoms with Crippen LogP contribution in [0, 0.1) is 6.54 Å². The van der Waals surface area contributed by atoms with Crippen molar-refractivity contribution >= 4 is 0 Å². The molecule has 0 aromatic carbocycles. The lowest BCUT2D eigenvalue weighted by Crippen LogP contribution is -2.23. The van der Waals surface area contributed by atoms with Crippen LogP contribution in [0.3, 0.4) is 0 Å². The van der Waals surface area contributed by atoms with Gasteiger partial charge in [-0.3, -0.25) is 0 Å². The van der Waals surface area contributed by atoms with Crippen molar-refractivity contribution in [3.8, 4) is 0 Å². The summed E-state index contributed by atoms with van der Waals surface area (Å²) in [4.78, 5) is 0. The van der Waals surface area contributed by atoms with Gasteiger partial charge in [0.25, 0.3) is 0 Å². The van der Waals surface area contributed by atoms with Gasteiger partial charge < -0.3 is 5.32 Å². The van der Waals surface area contributed by atoms with Crippen molar-refractivity contribution in [2.24, 2.45) is 0 Å². The van der Waals surface area contributed by atoms with Crippen LogP contribution in [-0.2, 0) is 0 Å². The summed E-state index contributed by atoms with van der Waals surface area (Å²) in [6.07, 6.45) is 1.14. The maximum Gasteiger partial charge on any atom is 0.0599 e. The van der Waals surface area contributed by atoms with Gasteiger partial charge in [-0.05, 0) is 13.0 Å². The van der Waals surface area contributed by atoms with Gasteiger partial charge in [-0.1, -0.05) is 0 Å².